The third-order valence-electron chi connectivity index (χ3n) is 4.77. The Bertz CT molecular complexity index is 1060. The monoisotopic (exact) mass is 392 g/mol. The minimum Gasteiger partial charge on any atom is -0.368 e. The molecule has 1 amide bonds. The van der Waals surface area contributed by atoms with Crippen LogP contribution in [0.1, 0.15) is 18.4 Å². The predicted molar refractivity (Wildman–Crippen MR) is 110 cm³/mol. The Morgan fingerprint density at radius 2 is 2.10 bits per heavy atom. The third kappa shape index (κ3) is 4.49. The van der Waals surface area contributed by atoms with Gasteiger partial charge in [0.15, 0.2) is 0 Å². The van der Waals surface area contributed by atoms with Gasteiger partial charge in [-0.25, -0.2) is 4.98 Å². The molecular weight excluding hydrogens is 372 g/mol. The normalized spacial score (nSPS) is 15.9. The highest BCUT2D eigenvalue weighted by molar-refractivity contribution is 5.94. The van der Waals surface area contributed by atoms with Crippen LogP contribution < -0.4 is 10.6 Å². The molecule has 1 aliphatic heterocycles. The number of ether oxygens (including phenoxy) is 1. The SMILES string of the molecule is O=C(Nc1cccc(CNc2ccc3cc([N+](=O)[O-])ccc3n2)c1)C1CCCO1. The van der Waals surface area contributed by atoms with Gasteiger partial charge in [-0.15, -0.1) is 0 Å². The molecule has 8 heteroatoms. The molecule has 1 atom stereocenters. The van der Waals surface area contributed by atoms with E-state index in [2.05, 4.69) is 15.6 Å². The van der Waals surface area contributed by atoms with E-state index in [1.54, 1.807) is 18.2 Å². The number of carbonyl (C=O) groups excluding carboxylic acids is 1. The summed E-state index contributed by atoms with van der Waals surface area (Å²) in [5, 5.41) is 17.7. The number of nitrogens with zero attached hydrogens (tertiary/aromatic N) is 2. The Labute approximate surface area is 167 Å². The molecule has 29 heavy (non-hydrogen) atoms. The second-order valence-electron chi connectivity index (χ2n) is 6.88. The summed E-state index contributed by atoms with van der Waals surface area (Å²) in [7, 11) is 0. The lowest BCUT2D eigenvalue weighted by Gasteiger charge is -2.12. The first kappa shape index (κ1) is 18.8. The summed E-state index contributed by atoms with van der Waals surface area (Å²) in [5.41, 5.74) is 2.43. The maximum atomic E-state index is 12.2. The second kappa shape index (κ2) is 8.24. The summed E-state index contributed by atoms with van der Waals surface area (Å²) in [4.78, 5) is 27.1. The Morgan fingerprint density at radius 1 is 1.21 bits per heavy atom. The van der Waals surface area contributed by atoms with Crippen molar-refractivity contribution in [2.45, 2.75) is 25.5 Å². The first-order chi connectivity index (χ1) is 14.1. The van der Waals surface area contributed by atoms with E-state index in [0.29, 0.717) is 29.9 Å². The molecule has 2 aromatic carbocycles. The summed E-state index contributed by atoms with van der Waals surface area (Å²) < 4.78 is 5.41. The Hall–Kier alpha value is -3.52. The van der Waals surface area contributed by atoms with Crippen molar-refractivity contribution in [3.63, 3.8) is 0 Å². The third-order valence-corrected chi connectivity index (χ3v) is 4.77. The molecule has 0 saturated carbocycles. The van der Waals surface area contributed by atoms with Crippen LogP contribution in [0.3, 0.4) is 0 Å². The molecule has 2 heterocycles. The van der Waals surface area contributed by atoms with Crippen LogP contribution in [0.25, 0.3) is 10.9 Å². The van der Waals surface area contributed by atoms with E-state index in [0.717, 1.165) is 24.1 Å². The van der Waals surface area contributed by atoms with Crippen LogP contribution in [0.15, 0.2) is 54.6 Å². The molecule has 2 N–H and O–H groups in total. The van der Waals surface area contributed by atoms with Crippen LogP contribution in [-0.4, -0.2) is 28.5 Å². The number of hydrogen-bond donors (Lipinski definition) is 2. The van der Waals surface area contributed by atoms with E-state index in [1.807, 2.05) is 24.3 Å². The molecule has 1 fully saturated rings. The van der Waals surface area contributed by atoms with Crippen LogP contribution in [-0.2, 0) is 16.1 Å². The molecule has 0 aliphatic carbocycles. The fraction of sp³-hybridized carbons (Fsp3) is 0.238. The van der Waals surface area contributed by atoms with E-state index in [9.17, 15) is 14.9 Å². The zero-order chi connectivity index (χ0) is 20.2. The molecule has 8 nitrogen and oxygen atoms in total. The first-order valence-corrected chi connectivity index (χ1v) is 9.39. The van der Waals surface area contributed by atoms with Crippen LogP contribution >= 0.6 is 0 Å². The van der Waals surface area contributed by atoms with Crippen molar-refractivity contribution in [1.29, 1.82) is 0 Å². The van der Waals surface area contributed by atoms with Gasteiger partial charge in [-0.2, -0.15) is 0 Å². The van der Waals surface area contributed by atoms with E-state index in [-0.39, 0.29) is 17.7 Å². The van der Waals surface area contributed by atoms with Crippen molar-refractivity contribution < 1.29 is 14.5 Å². The number of pyridine rings is 1. The highest BCUT2D eigenvalue weighted by Crippen LogP contribution is 2.22. The highest BCUT2D eigenvalue weighted by Gasteiger charge is 2.23. The van der Waals surface area contributed by atoms with Crippen molar-refractivity contribution >= 4 is 34.0 Å². The van der Waals surface area contributed by atoms with Crippen molar-refractivity contribution in [3.05, 3.63) is 70.3 Å². The van der Waals surface area contributed by atoms with Crippen molar-refractivity contribution in [3.8, 4) is 0 Å². The van der Waals surface area contributed by atoms with Gasteiger partial charge in [0.1, 0.15) is 11.9 Å². The number of amides is 1. The molecule has 1 aliphatic rings. The standard InChI is InChI=1S/C21H20N4O4/c26-21(19-5-2-10-29-19)23-16-4-1-3-14(11-16)13-22-20-9-6-15-12-17(25(27)28)7-8-18(15)24-20/h1,3-4,6-9,11-12,19H,2,5,10,13H2,(H,22,24)(H,23,26). The lowest BCUT2D eigenvalue weighted by molar-refractivity contribution is -0.384. The average Bonchev–Trinajstić information content (AvgIpc) is 3.27. The topological polar surface area (TPSA) is 106 Å². The van der Waals surface area contributed by atoms with Gasteiger partial charge in [0.2, 0.25) is 0 Å². The minimum atomic E-state index is -0.420. The molecule has 148 valence electrons. The molecule has 0 bridgehead atoms. The number of benzene rings is 2. The largest absolute Gasteiger partial charge is 0.368 e. The molecule has 4 rings (SSSR count). The van der Waals surface area contributed by atoms with E-state index < -0.39 is 4.92 Å². The lowest BCUT2D eigenvalue weighted by Crippen LogP contribution is -2.26. The Morgan fingerprint density at radius 3 is 2.90 bits per heavy atom. The summed E-state index contributed by atoms with van der Waals surface area (Å²) in [6.45, 7) is 1.16. The van der Waals surface area contributed by atoms with Crippen molar-refractivity contribution in [1.82, 2.24) is 4.98 Å². The molecule has 1 aromatic heterocycles. The molecule has 0 radical (unpaired) electrons. The number of non-ortho nitro benzene ring substituents is 1. The number of nitro benzene ring substituents is 1. The highest BCUT2D eigenvalue weighted by atomic mass is 16.6. The number of carbonyl (C=O) groups is 1. The van der Waals surface area contributed by atoms with Crippen LogP contribution in [0.5, 0.6) is 0 Å². The smallest absolute Gasteiger partial charge is 0.270 e. The molecule has 1 saturated heterocycles. The van der Waals surface area contributed by atoms with Gasteiger partial charge in [0.05, 0.1) is 10.4 Å². The average molecular weight is 392 g/mol. The number of fused-ring (bicyclic) bond motifs is 1. The number of rotatable bonds is 6. The summed E-state index contributed by atoms with van der Waals surface area (Å²) in [6, 6.07) is 15.8. The summed E-state index contributed by atoms with van der Waals surface area (Å²) in [6.07, 6.45) is 1.30. The quantitative estimate of drug-likeness (QED) is 0.487. The summed E-state index contributed by atoms with van der Waals surface area (Å²) >= 11 is 0. The van der Waals surface area contributed by atoms with Crippen LogP contribution in [0.4, 0.5) is 17.2 Å². The van der Waals surface area contributed by atoms with E-state index >= 15 is 0 Å². The zero-order valence-corrected chi connectivity index (χ0v) is 15.6. The van der Waals surface area contributed by atoms with Gasteiger partial charge >= 0.3 is 0 Å². The molecular formula is C21H20N4O4. The van der Waals surface area contributed by atoms with Gasteiger partial charge in [-0.05, 0) is 48.7 Å². The zero-order valence-electron chi connectivity index (χ0n) is 15.6. The number of nitrogens with one attached hydrogen (secondary N) is 2. The van der Waals surface area contributed by atoms with E-state index in [4.69, 9.17) is 4.74 Å². The van der Waals surface area contributed by atoms with Crippen molar-refractivity contribution in [2.24, 2.45) is 0 Å². The van der Waals surface area contributed by atoms with Crippen LogP contribution in [0, 0.1) is 10.1 Å². The summed E-state index contributed by atoms with van der Waals surface area (Å²) in [5.74, 6) is 0.554. The molecule has 0 spiro atoms. The van der Waals surface area contributed by atoms with Crippen molar-refractivity contribution in [2.75, 3.05) is 17.2 Å². The second-order valence-corrected chi connectivity index (χ2v) is 6.88. The number of hydrogen-bond acceptors (Lipinski definition) is 6. The maximum absolute atomic E-state index is 12.2. The van der Waals surface area contributed by atoms with Gasteiger partial charge in [0.25, 0.3) is 11.6 Å². The predicted octanol–water partition coefficient (Wildman–Crippen LogP) is 3.87. The number of anilines is 2. The number of nitro groups is 1. The maximum Gasteiger partial charge on any atom is 0.270 e. The minimum absolute atomic E-state index is 0.0434. The fourth-order valence-electron chi connectivity index (χ4n) is 3.28. The Kier molecular flexibility index (Phi) is 5.35. The first-order valence-electron chi connectivity index (χ1n) is 9.39. The van der Waals surface area contributed by atoms with Gasteiger partial charge < -0.3 is 15.4 Å². The Balaban J connectivity index is 1.41. The lowest BCUT2D eigenvalue weighted by atomic mass is 10.1. The van der Waals surface area contributed by atoms with Gasteiger partial charge in [0, 0.05) is 36.4 Å². The molecule has 1 unspecified atom stereocenters. The number of aromatic nitrogens is 1. The van der Waals surface area contributed by atoms with Gasteiger partial charge in [-0.3, -0.25) is 14.9 Å². The van der Waals surface area contributed by atoms with Gasteiger partial charge in [-0.1, -0.05) is 12.1 Å². The van der Waals surface area contributed by atoms with Crippen LogP contribution in [0.2, 0.25) is 0 Å². The fourth-order valence-corrected chi connectivity index (χ4v) is 3.28. The molecule has 3 aromatic rings. The van der Waals surface area contributed by atoms with E-state index in [1.165, 1.54) is 12.1 Å².